The topological polar surface area (TPSA) is 110 Å². The van der Waals surface area contributed by atoms with Crippen LogP contribution in [0.1, 0.15) is 20.3 Å². The number of anilines is 2. The summed E-state index contributed by atoms with van der Waals surface area (Å²) in [5.74, 6) is 6.70. The first kappa shape index (κ1) is 14.8. The molecule has 1 aliphatic heterocycles. The average molecular weight is 298 g/mol. The smallest absolute Gasteiger partial charge is 0.329 e. The SMILES string of the molecule is CC1(C)CCN(c2nc(NN)ncc2[N+](=O)[O-])CCS1. The second-order valence-electron chi connectivity index (χ2n) is 5.15. The van der Waals surface area contributed by atoms with E-state index >= 15 is 0 Å². The number of nitrogen functional groups attached to an aromatic ring is 1. The fraction of sp³-hybridized carbons (Fsp3) is 0.636. The van der Waals surface area contributed by atoms with Gasteiger partial charge in [0, 0.05) is 23.6 Å². The largest absolute Gasteiger partial charge is 0.350 e. The molecule has 1 aliphatic rings. The number of hydrazine groups is 1. The zero-order chi connectivity index (χ0) is 14.8. The maximum atomic E-state index is 11.1. The lowest BCUT2D eigenvalue weighted by molar-refractivity contribution is -0.384. The van der Waals surface area contributed by atoms with E-state index in [1.165, 1.54) is 6.20 Å². The first-order valence-corrected chi connectivity index (χ1v) is 7.28. The molecule has 8 nitrogen and oxygen atoms in total. The van der Waals surface area contributed by atoms with E-state index in [0.717, 1.165) is 25.3 Å². The van der Waals surface area contributed by atoms with Crippen molar-refractivity contribution in [1.82, 2.24) is 9.97 Å². The number of nitrogens with zero attached hydrogens (tertiary/aromatic N) is 4. The summed E-state index contributed by atoms with van der Waals surface area (Å²) in [7, 11) is 0. The fourth-order valence-corrected chi connectivity index (χ4v) is 3.13. The third-order valence-corrected chi connectivity index (χ3v) is 4.59. The highest BCUT2D eigenvalue weighted by Gasteiger charge is 2.28. The van der Waals surface area contributed by atoms with E-state index in [1.54, 1.807) is 0 Å². The molecule has 0 spiro atoms. The van der Waals surface area contributed by atoms with Gasteiger partial charge in [-0.25, -0.2) is 10.8 Å². The second kappa shape index (κ2) is 5.80. The molecule has 0 unspecified atom stereocenters. The normalized spacial score (nSPS) is 18.4. The van der Waals surface area contributed by atoms with Crippen molar-refractivity contribution in [2.45, 2.75) is 25.0 Å². The van der Waals surface area contributed by atoms with Gasteiger partial charge in [-0.05, 0) is 6.42 Å². The molecule has 0 saturated carbocycles. The molecule has 9 heteroatoms. The number of aromatic nitrogens is 2. The molecule has 2 rings (SSSR count). The molecule has 1 aromatic rings. The van der Waals surface area contributed by atoms with Crippen LogP contribution in [-0.2, 0) is 0 Å². The van der Waals surface area contributed by atoms with Crippen molar-refractivity contribution in [2.75, 3.05) is 29.2 Å². The summed E-state index contributed by atoms with van der Waals surface area (Å²) >= 11 is 1.87. The number of nitrogens with one attached hydrogen (secondary N) is 1. The third kappa shape index (κ3) is 3.28. The average Bonchev–Trinajstić information content (AvgIpc) is 2.58. The molecule has 0 bridgehead atoms. The summed E-state index contributed by atoms with van der Waals surface area (Å²) < 4.78 is 0.172. The van der Waals surface area contributed by atoms with Crippen LogP contribution in [0.25, 0.3) is 0 Å². The van der Waals surface area contributed by atoms with Crippen LogP contribution in [0.2, 0.25) is 0 Å². The molecule has 0 aliphatic carbocycles. The lowest BCUT2D eigenvalue weighted by Crippen LogP contribution is -2.29. The van der Waals surface area contributed by atoms with Crippen LogP contribution in [0.4, 0.5) is 17.5 Å². The van der Waals surface area contributed by atoms with E-state index in [1.807, 2.05) is 16.7 Å². The molecule has 2 heterocycles. The summed E-state index contributed by atoms with van der Waals surface area (Å²) in [6, 6.07) is 0. The molecular formula is C11H18N6O2S. The number of hydrogen-bond donors (Lipinski definition) is 2. The molecule has 1 fully saturated rings. The highest BCUT2D eigenvalue weighted by Crippen LogP contribution is 2.34. The highest BCUT2D eigenvalue weighted by molar-refractivity contribution is 8.00. The first-order chi connectivity index (χ1) is 9.43. The summed E-state index contributed by atoms with van der Waals surface area (Å²) in [5, 5.41) is 11.1. The Balaban J connectivity index is 2.32. The van der Waals surface area contributed by atoms with E-state index in [2.05, 4.69) is 29.2 Å². The third-order valence-electron chi connectivity index (χ3n) is 3.21. The summed E-state index contributed by atoms with van der Waals surface area (Å²) in [6.07, 6.45) is 2.13. The van der Waals surface area contributed by atoms with Crippen LogP contribution in [0.5, 0.6) is 0 Å². The molecule has 0 amide bonds. The van der Waals surface area contributed by atoms with E-state index in [0.29, 0.717) is 5.82 Å². The van der Waals surface area contributed by atoms with Crippen LogP contribution in [0.3, 0.4) is 0 Å². The Kier molecular flexibility index (Phi) is 4.29. The summed E-state index contributed by atoms with van der Waals surface area (Å²) in [5.41, 5.74) is 2.24. The van der Waals surface area contributed by atoms with Gasteiger partial charge in [0.05, 0.1) is 4.92 Å². The monoisotopic (exact) mass is 298 g/mol. The molecule has 1 saturated heterocycles. The summed E-state index contributed by atoms with van der Waals surface area (Å²) in [6.45, 7) is 5.81. The molecule has 0 radical (unpaired) electrons. The van der Waals surface area contributed by atoms with Gasteiger partial charge in [-0.2, -0.15) is 16.7 Å². The van der Waals surface area contributed by atoms with Gasteiger partial charge in [-0.15, -0.1) is 0 Å². The molecule has 0 aromatic carbocycles. The zero-order valence-corrected chi connectivity index (χ0v) is 12.3. The molecular weight excluding hydrogens is 280 g/mol. The van der Waals surface area contributed by atoms with Crippen molar-refractivity contribution in [1.29, 1.82) is 0 Å². The zero-order valence-electron chi connectivity index (χ0n) is 11.5. The van der Waals surface area contributed by atoms with Crippen molar-refractivity contribution in [3.05, 3.63) is 16.3 Å². The predicted octanol–water partition coefficient (Wildman–Crippen LogP) is 1.39. The molecule has 20 heavy (non-hydrogen) atoms. The Hall–Kier alpha value is -1.61. The summed E-state index contributed by atoms with van der Waals surface area (Å²) in [4.78, 5) is 20.6. The van der Waals surface area contributed by atoms with Crippen LogP contribution < -0.4 is 16.2 Å². The number of rotatable bonds is 3. The van der Waals surface area contributed by atoms with E-state index in [9.17, 15) is 10.1 Å². The van der Waals surface area contributed by atoms with Gasteiger partial charge in [-0.3, -0.25) is 15.5 Å². The Morgan fingerprint density at radius 1 is 1.55 bits per heavy atom. The number of nitro groups is 1. The van der Waals surface area contributed by atoms with Crippen LogP contribution >= 0.6 is 11.8 Å². The van der Waals surface area contributed by atoms with Crippen molar-refractivity contribution >= 4 is 29.2 Å². The molecule has 110 valence electrons. The minimum atomic E-state index is -0.460. The van der Waals surface area contributed by atoms with Gasteiger partial charge < -0.3 is 4.90 Å². The van der Waals surface area contributed by atoms with E-state index < -0.39 is 4.92 Å². The van der Waals surface area contributed by atoms with Gasteiger partial charge >= 0.3 is 5.69 Å². The molecule has 3 N–H and O–H groups in total. The van der Waals surface area contributed by atoms with Gasteiger partial charge in [0.1, 0.15) is 6.20 Å². The van der Waals surface area contributed by atoms with Gasteiger partial charge in [-0.1, -0.05) is 13.8 Å². The van der Waals surface area contributed by atoms with Crippen LogP contribution in [0.15, 0.2) is 6.20 Å². The van der Waals surface area contributed by atoms with Gasteiger partial charge in [0.25, 0.3) is 0 Å². The Morgan fingerprint density at radius 3 is 2.95 bits per heavy atom. The van der Waals surface area contributed by atoms with Crippen LogP contribution in [0, 0.1) is 10.1 Å². The van der Waals surface area contributed by atoms with E-state index in [4.69, 9.17) is 5.84 Å². The standard InChI is InChI=1S/C11H18N6O2S/c1-11(2)3-4-16(5-6-20-11)9-8(17(18)19)7-13-10(14-9)15-12/h7H,3-6,12H2,1-2H3,(H,13,14,15). The minimum absolute atomic E-state index is 0.0892. The Labute approximate surface area is 121 Å². The Morgan fingerprint density at radius 2 is 2.30 bits per heavy atom. The maximum Gasteiger partial charge on any atom is 0.329 e. The predicted molar refractivity (Wildman–Crippen MR) is 79.9 cm³/mol. The highest BCUT2D eigenvalue weighted by atomic mass is 32.2. The quantitative estimate of drug-likeness (QED) is 0.489. The number of thioether (sulfide) groups is 1. The van der Waals surface area contributed by atoms with Crippen LogP contribution in [-0.4, -0.2) is 38.5 Å². The Bertz CT molecular complexity index is 510. The minimum Gasteiger partial charge on any atom is -0.350 e. The van der Waals surface area contributed by atoms with Crippen molar-refractivity contribution in [2.24, 2.45) is 5.84 Å². The first-order valence-electron chi connectivity index (χ1n) is 6.30. The lowest BCUT2D eigenvalue weighted by Gasteiger charge is -2.23. The van der Waals surface area contributed by atoms with E-state index in [-0.39, 0.29) is 16.4 Å². The second-order valence-corrected chi connectivity index (χ2v) is 6.95. The number of hydrogen-bond acceptors (Lipinski definition) is 8. The van der Waals surface area contributed by atoms with Gasteiger partial charge in [0.2, 0.25) is 11.8 Å². The van der Waals surface area contributed by atoms with Gasteiger partial charge in [0.15, 0.2) is 0 Å². The fourth-order valence-electron chi connectivity index (χ4n) is 2.03. The lowest BCUT2D eigenvalue weighted by atomic mass is 10.1. The van der Waals surface area contributed by atoms with Crippen molar-refractivity contribution in [3.63, 3.8) is 0 Å². The molecule has 1 aromatic heterocycles. The molecule has 0 atom stereocenters. The maximum absolute atomic E-state index is 11.1. The van der Waals surface area contributed by atoms with Crippen molar-refractivity contribution in [3.8, 4) is 0 Å². The number of nitrogens with two attached hydrogens (primary N) is 1. The van der Waals surface area contributed by atoms with Crippen molar-refractivity contribution < 1.29 is 4.92 Å².